The minimum absolute atomic E-state index is 0. The number of thiol groups is 1. The maximum atomic E-state index is 8.70. The average Bonchev–Trinajstić information content (AvgIpc) is 2.52. The van der Waals surface area contributed by atoms with Crippen LogP contribution in [0.2, 0.25) is 0 Å². The molecule has 4 N–H and O–H groups in total. The van der Waals surface area contributed by atoms with Gasteiger partial charge in [-0.15, -0.1) is 22.4 Å². The van der Waals surface area contributed by atoms with Crippen molar-refractivity contribution in [3.05, 3.63) is 66.7 Å². The summed E-state index contributed by atoms with van der Waals surface area (Å²) in [5.41, 5.74) is 0. The van der Waals surface area contributed by atoms with Crippen molar-refractivity contribution in [3.8, 4) is 0 Å². The Morgan fingerprint density at radius 2 is 1.32 bits per heavy atom. The van der Waals surface area contributed by atoms with Gasteiger partial charge in [-0.05, 0) is 45.1 Å². The normalized spacial score (nSPS) is 9.72. The quantitative estimate of drug-likeness (QED) is 0.137. The van der Waals surface area contributed by atoms with E-state index >= 15 is 0 Å². The van der Waals surface area contributed by atoms with Crippen LogP contribution in [0.4, 0.5) is 0 Å². The summed E-state index contributed by atoms with van der Waals surface area (Å²) in [5.74, 6) is 0. The molecule has 0 aromatic heterocycles. The maximum Gasteiger partial charge on any atom is 1.00 e. The summed E-state index contributed by atoms with van der Waals surface area (Å²) < 4.78 is 8.70. The van der Waals surface area contributed by atoms with Crippen molar-refractivity contribution in [2.75, 3.05) is 0 Å². The summed E-state index contributed by atoms with van der Waals surface area (Å²) in [4.78, 5) is 15.3. The van der Waals surface area contributed by atoms with E-state index in [9.17, 15) is 0 Å². The fraction of sp³-hybridized carbons (Fsp3) is 0. The van der Waals surface area contributed by atoms with Gasteiger partial charge < -0.3 is 6.90 Å². The molecule has 7 heteroatoms. The van der Waals surface area contributed by atoms with Crippen molar-refractivity contribution in [2.24, 2.45) is 0 Å². The Morgan fingerprint density at radius 1 is 0.800 bits per heavy atom. The topological polar surface area (TPSA) is 89.0 Å². The molecule has 0 aliphatic heterocycles. The second-order valence-corrected chi connectivity index (χ2v) is 6.10. The molecule has 0 heterocycles. The van der Waals surface area contributed by atoms with Crippen LogP contribution in [0.15, 0.2) is 71.6 Å². The summed E-state index contributed by atoms with van der Waals surface area (Å²) in [5, 5.41) is 7.60. The standard InChI is InChI=1S/C18H12S.K.HO3P.H2O.H/c19-17-7-3-6-12-8-9-15-10-13-4-1-2-5-14(13)11-16(15)18(12)17;;1-4(2)3;;/h1-11,19H;;(H-,1,2,3);1H2;/q;+1;;;-1/p+1. The van der Waals surface area contributed by atoms with Gasteiger partial charge >= 0.3 is 59.6 Å². The van der Waals surface area contributed by atoms with Gasteiger partial charge in [-0.1, -0.05) is 48.5 Å². The van der Waals surface area contributed by atoms with Crippen molar-refractivity contribution in [1.29, 1.82) is 0 Å². The van der Waals surface area contributed by atoms with Crippen LogP contribution in [0, 0.1) is 0 Å². The Kier molecular flexibility index (Phi) is 9.15. The molecule has 25 heavy (non-hydrogen) atoms. The van der Waals surface area contributed by atoms with Gasteiger partial charge in [0.05, 0.1) is 0 Å². The van der Waals surface area contributed by atoms with E-state index in [2.05, 4.69) is 79.4 Å². The average molecular weight is 399 g/mol. The molecule has 0 fully saturated rings. The van der Waals surface area contributed by atoms with Crippen molar-refractivity contribution < 1.29 is 72.6 Å². The molecule has 0 unspecified atom stereocenters. The van der Waals surface area contributed by atoms with Gasteiger partial charge in [0.2, 0.25) is 0 Å². The predicted molar refractivity (Wildman–Crippen MR) is 103 cm³/mol. The van der Waals surface area contributed by atoms with Gasteiger partial charge in [-0.2, -0.15) is 0 Å². The Hall–Kier alpha value is -0.374. The molecule has 4 aromatic rings. The summed E-state index contributed by atoms with van der Waals surface area (Å²) in [6.07, 6.45) is 0. The van der Waals surface area contributed by atoms with E-state index in [4.69, 9.17) is 14.4 Å². The zero-order valence-electron chi connectivity index (χ0n) is 14.5. The Morgan fingerprint density at radius 3 is 1.96 bits per heavy atom. The number of fused-ring (bicyclic) bond motifs is 4. The predicted octanol–water partition coefficient (Wildman–Crippen LogP) is 1.36. The van der Waals surface area contributed by atoms with Gasteiger partial charge in [0.1, 0.15) is 0 Å². The van der Waals surface area contributed by atoms with E-state index in [1.165, 1.54) is 32.3 Å². The van der Waals surface area contributed by atoms with E-state index in [1.807, 2.05) is 0 Å². The molecule has 124 valence electrons. The largest absolute Gasteiger partial charge is 1.00 e. The molecule has 0 radical (unpaired) electrons. The second-order valence-electron chi connectivity index (χ2n) is 5.11. The maximum absolute atomic E-state index is 8.70. The molecule has 0 bridgehead atoms. The molecule has 0 spiro atoms. The number of hydrogen-bond donors (Lipinski definition) is 3. The van der Waals surface area contributed by atoms with Crippen LogP contribution in [0.25, 0.3) is 32.3 Å². The van der Waals surface area contributed by atoms with Crippen molar-refractivity contribution >= 4 is 53.2 Å². The molecule has 4 rings (SSSR count). The van der Waals surface area contributed by atoms with Gasteiger partial charge in [-0.3, -0.25) is 0 Å². The Bertz CT molecular complexity index is 1040. The molecule has 0 saturated heterocycles. The van der Waals surface area contributed by atoms with E-state index in [1.54, 1.807) is 0 Å². The fourth-order valence-corrected chi connectivity index (χ4v) is 3.12. The molecule has 0 atom stereocenters. The zero-order chi connectivity index (χ0) is 16.4. The first-order chi connectivity index (χ1) is 11.1. The van der Waals surface area contributed by atoms with Gasteiger partial charge in [-0.25, -0.2) is 0 Å². The van der Waals surface area contributed by atoms with E-state index in [0.717, 1.165) is 4.90 Å². The molecule has 4 aromatic carbocycles. The number of rotatable bonds is 0. The number of benzene rings is 4. The third kappa shape index (κ3) is 5.31. The monoisotopic (exact) mass is 399 g/mol. The minimum Gasteiger partial charge on any atom is -1.00 e. The first kappa shape index (κ1) is 22.7. The summed E-state index contributed by atoms with van der Waals surface area (Å²) in [7, 11) is -2.87. The third-order valence-electron chi connectivity index (χ3n) is 3.70. The Labute approximate surface area is 195 Å². The molecule has 0 saturated carbocycles. The van der Waals surface area contributed by atoms with E-state index in [0.29, 0.717) is 0 Å². The molecule has 4 nitrogen and oxygen atoms in total. The molecule has 0 aliphatic carbocycles. The van der Waals surface area contributed by atoms with Gasteiger partial charge in [0, 0.05) is 14.8 Å². The molecule has 0 aliphatic rings. The van der Waals surface area contributed by atoms with Crippen LogP contribution in [0.1, 0.15) is 1.43 Å². The summed E-state index contributed by atoms with van der Waals surface area (Å²) in [6.45, 7) is 0. The second kappa shape index (κ2) is 10.1. The minimum atomic E-state index is -2.87. The first-order valence-corrected chi connectivity index (χ1v) is 8.56. The molecule has 0 amide bonds. The summed E-state index contributed by atoms with van der Waals surface area (Å²) in [6, 6.07) is 23.6. The van der Waals surface area contributed by atoms with Gasteiger partial charge in [0.25, 0.3) is 0 Å². The van der Waals surface area contributed by atoms with E-state index < -0.39 is 8.25 Å². The molecular formula is C18H17KO4PS+. The van der Waals surface area contributed by atoms with Gasteiger partial charge in [0.15, 0.2) is 0 Å². The first-order valence-electron chi connectivity index (χ1n) is 6.94. The van der Waals surface area contributed by atoms with Crippen molar-refractivity contribution in [2.45, 2.75) is 4.90 Å². The van der Waals surface area contributed by atoms with Crippen LogP contribution in [-0.2, 0) is 4.57 Å². The van der Waals surface area contributed by atoms with Crippen LogP contribution in [0.3, 0.4) is 0 Å². The third-order valence-corrected chi connectivity index (χ3v) is 4.08. The van der Waals surface area contributed by atoms with Crippen LogP contribution >= 0.6 is 20.9 Å². The van der Waals surface area contributed by atoms with Crippen LogP contribution < -0.4 is 51.4 Å². The Balaban J connectivity index is 0.000000820. The van der Waals surface area contributed by atoms with Crippen molar-refractivity contribution in [1.82, 2.24) is 0 Å². The summed E-state index contributed by atoms with van der Waals surface area (Å²) >= 11 is 4.62. The smallest absolute Gasteiger partial charge is 1.00 e. The van der Waals surface area contributed by atoms with Crippen LogP contribution in [0.5, 0.6) is 0 Å². The van der Waals surface area contributed by atoms with Crippen LogP contribution in [-0.4, -0.2) is 15.3 Å². The van der Waals surface area contributed by atoms with E-state index in [-0.39, 0.29) is 58.3 Å². The van der Waals surface area contributed by atoms with Crippen molar-refractivity contribution in [3.63, 3.8) is 0 Å². The SMILES string of the molecule is O.O=[P+](O)O.Sc1cccc2ccc3cc4ccccc4cc3c12.[H-].[K+]. The fourth-order valence-electron chi connectivity index (χ4n) is 2.78. The zero-order valence-corrected chi connectivity index (χ0v) is 18.5. The molecular weight excluding hydrogens is 382 g/mol. The number of hydrogen-bond acceptors (Lipinski definition) is 2.